The van der Waals surface area contributed by atoms with E-state index in [0.717, 1.165) is 68.4 Å². The van der Waals surface area contributed by atoms with Crippen molar-refractivity contribution < 1.29 is 23.8 Å². The number of ether oxygens (including phenoxy) is 3. The number of hydrogen-bond donors (Lipinski definition) is 1. The molecule has 1 saturated heterocycles. The van der Waals surface area contributed by atoms with Gasteiger partial charge in [-0.1, -0.05) is 42.5 Å². The van der Waals surface area contributed by atoms with Crippen LogP contribution in [0.2, 0.25) is 0 Å². The first-order valence-corrected chi connectivity index (χ1v) is 15.1. The summed E-state index contributed by atoms with van der Waals surface area (Å²) in [4.78, 5) is 23.7. The van der Waals surface area contributed by atoms with Crippen LogP contribution in [0.3, 0.4) is 0 Å². The number of fused-ring (bicyclic) bond motifs is 1. The van der Waals surface area contributed by atoms with Crippen LogP contribution < -0.4 is 19.5 Å². The maximum Gasteiger partial charge on any atom is 0.290 e. The molecule has 3 aromatic carbocycles. The van der Waals surface area contributed by atoms with E-state index in [0.29, 0.717) is 23.9 Å². The van der Waals surface area contributed by atoms with Crippen molar-refractivity contribution in [3.05, 3.63) is 97.4 Å². The molecule has 2 aliphatic rings. The second-order valence-corrected chi connectivity index (χ2v) is 12.4. The zero-order valence-corrected chi connectivity index (χ0v) is 25.9. The molecule has 0 radical (unpaired) electrons. The van der Waals surface area contributed by atoms with Crippen molar-refractivity contribution in [3.8, 4) is 17.2 Å². The third-order valence-corrected chi connectivity index (χ3v) is 8.86. The third kappa shape index (κ3) is 6.54. The van der Waals surface area contributed by atoms with Gasteiger partial charge in [-0.25, -0.2) is 0 Å². The molecule has 8 heteroatoms. The summed E-state index contributed by atoms with van der Waals surface area (Å²) < 4.78 is 19.9. The second-order valence-electron chi connectivity index (χ2n) is 10.5. The molecule has 1 atom stereocenters. The van der Waals surface area contributed by atoms with E-state index in [2.05, 4.69) is 67.2 Å². The van der Waals surface area contributed by atoms with Crippen LogP contribution in [0.1, 0.15) is 46.7 Å². The van der Waals surface area contributed by atoms with E-state index in [1.54, 1.807) is 6.08 Å². The van der Waals surface area contributed by atoms with E-state index >= 15 is 0 Å². The maximum atomic E-state index is 11.9. The van der Waals surface area contributed by atoms with Gasteiger partial charge in [0.2, 0.25) is 0 Å². The van der Waals surface area contributed by atoms with Gasteiger partial charge < -0.3 is 14.2 Å². The Kier molecular flexibility index (Phi) is 8.61. The standard InChI is InChI=1S/C33H32BrNO5S/c1-20-21(2)30-25(22(3)29(20)38-16-8-11-23-9-6-5-7-10-23)14-15-33(4,40-30)19-39-27-13-12-24(17-26(27)34)18-28-31(36)35-32(37)41-28/h5-13,17-18H,14-16,19H2,1-4H3,(H,35,36,37)/b11-8+,28-18-. The number of halogens is 1. The summed E-state index contributed by atoms with van der Waals surface area (Å²) in [6.07, 6.45) is 7.47. The molecule has 1 N–H and O–H groups in total. The van der Waals surface area contributed by atoms with Crippen molar-refractivity contribution >= 4 is 51.0 Å². The predicted molar refractivity (Wildman–Crippen MR) is 168 cm³/mol. The molecule has 41 heavy (non-hydrogen) atoms. The van der Waals surface area contributed by atoms with Crippen LogP contribution in [0, 0.1) is 20.8 Å². The van der Waals surface area contributed by atoms with E-state index in [1.807, 2.05) is 42.5 Å². The highest BCUT2D eigenvalue weighted by atomic mass is 79.9. The fourth-order valence-corrected chi connectivity index (χ4v) is 6.20. The van der Waals surface area contributed by atoms with Crippen LogP contribution in [-0.4, -0.2) is 30.0 Å². The highest BCUT2D eigenvalue weighted by Gasteiger charge is 2.36. The molecule has 2 aliphatic heterocycles. The first-order chi connectivity index (χ1) is 19.6. The Morgan fingerprint density at radius 2 is 1.80 bits per heavy atom. The first kappa shape index (κ1) is 29.0. The zero-order chi connectivity index (χ0) is 29.1. The van der Waals surface area contributed by atoms with Crippen LogP contribution in [0.5, 0.6) is 17.2 Å². The quantitative estimate of drug-likeness (QED) is 0.254. The Morgan fingerprint density at radius 3 is 2.51 bits per heavy atom. The fourth-order valence-electron chi connectivity index (χ4n) is 5.01. The molecule has 5 rings (SSSR count). The number of benzene rings is 3. The minimum absolute atomic E-state index is 0.358. The molecule has 1 unspecified atom stereocenters. The molecule has 3 aromatic rings. The number of rotatable bonds is 8. The molecule has 1 fully saturated rings. The monoisotopic (exact) mass is 633 g/mol. The van der Waals surface area contributed by atoms with E-state index in [-0.39, 0.29) is 11.1 Å². The van der Waals surface area contributed by atoms with Gasteiger partial charge in [-0.15, -0.1) is 0 Å². The Hall–Kier alpha value is -3.49. The van der Waals surface area contributed by atoms with E-state index < -0.39 is 5.60 Å². The molecule has 212 valence electrons. The third-order valence-electron chi connectivity index (χ3n) is 7.43. The zero-order valence-electron chi connectivity index (χ0n) is 23.5. The number of carbonyl (C=O) groups excluding carboxylic acids is 2. The van der Waals surface area contributed by atoms with Crippen LogP contribution in [0.4, 0.5) is 4.79 Å². The molecule has 6 nitrogen and oxygen atoms in total. The molecule has 0 aliphatic carbocycles. The Morgan fingerprint density at radius 1 is 1.02 bits per heavy atom. The average molecular weight is 635 g/mol. The van der Waals surface area contributed by atoms with Gasteiger partial charge in [0, 0.05) is 5.56 Å². The van der Waals surface area contributed by atoms with Gasteiger partial charge in [-0.2, -0.15) is 0 Å². The van der Waals surface area contributed by atoms with Gasteiger partial charge in [0.15, 0.2) is 0 Å². The fraction of sp³-hybridized carbons (Fsp3) is 0.273. The number of nitrogens with one attached hydrogen (secondary N) is 1. The maximum absolute atomic E-state index is 11.9. The molecule has 2 heterocycles. The van der Waals surface area contributed by atoms with Crippen molar-refractivity contribution in [2.24, 2.45) is 0 Å². The number of carbonyl (C=O) groups is 2. The Bertz CT molecular complexity index is 1570. The van der Waals surface area contributed by atoms with Crippen LogP contribution >= 0.6 is 27.7 Å². The summed E-state index contributed by atoms with van der Waals surface area (Å²) in [5.74, 6) is 2.16. The van der Waals surface area contributed by atoms with Gasteiger partial charge in [-0.3, -0.25) is 14.9 Å². The molecular formula is C33H32BrNO5S. The van der Waals surface area contributed by atoms with Crippen molar-refractivity contribution in [1.82, 2.24) is 5.32 Å². The van der Waals surface area contributed by atoms with E-state index in [1.165, 1.54) is 5.56 Å². The lowest BCUT2D eigenvalue weighted by Gasteiger charge is -2.38. The van der Waals surface area contributed by atoms with Crippen LogP contribution in [0.25, 0.3) is 12.2 Å². The summed E-state index contributed by atoms with van der Waals surface area (Å²) >= 11 is 4.48. The Balaban J connectivity index is 1.25. The van der Waals surface area contributed by atoms with Gasteiger partial charge in [0.25, 0.3) is 11.1 Å². The van der Waals surface area contributed by atoms with E-state index in [4.69, 9.17) is 14.2 Å². The van der Waals surface area contributed by atoms with Crippen molar-refractivity contribution in [3.63, 3.8) is 0 Å². The normalized spacial score (nSPS) is 19.3. The molecule has 0 saturated carbocycles. The minimum Gasteiger partial charge on any atom is -0.489 e. The largest absolute Gasteiger partial charge is 0.489 e. The lowest BCUT2D eigenvalue weighted by molar-refractivity contribution is -0.115. The molecule has 0 bridgehead atoms. The number of hydrogen-bond acceptors (Lipinski definition) is 6. The highest BCUT2D eigenvalue weighted by molar-refractivity contribution is 9.10. The molecular weight excluding hydrogens is 602 g/mol. The smallest absolute Gasteiger partial charge is 0.290 e. The lowest BCUT2D eigenvalue weighted by atomic mass is 9.87. The Labute approximate surface area is 253 Å². The van der Waals surface area contributed by atoms with Crippen molar-refractivity contribution in [2.45, 2.75) is 46.1 Å². The summed E-state index contributed by atoms with van der Waals surface area (Å²) in [5.41, 5.74) is 5.93. The second kappa shape index (κ2) is 12.2. The summed E-state index contributed by atoms with van der Waals surface area (Å²) in [6, 6.07) is 15.8. The molecule has 2 amide bonds. The minimum atomic E-state index is -0.504. The van der Waals surface area contributed by atoms with Crippen LogP contribution in [-0.2, 0) is 11.2 Å². The van der Waals surface area contributed by atoms with Gasteiger partial charge in [0.05, 0.1) is 9.38 Å². The average Bonchev–Trinajstić information content (AvgIpc) is 3.27. The molecule has 0 spiro atoms. The molecule has 0 aromatic heterocycles. The van der Waals surface area contributed by atoms with Crippen molar-refractivity contribution in [2.75, 3.05) is 13.2 Å². The number of imide groups is 1. The SMILES string of the molecule is Cc1c(C)c2c(c(C)c1OC/C=C/c1ccccc1)CCC(C)(COc1ccc(/C=C3\SC(=O)NC3=O)cc1Br)O2. The van der Waals surface area contributed by atoms with E-state index in [9.17, 15) is 9.59 Å². The highest BCUT2D eigenvalue weighted by Crippen LogP contribution is 2.44. The lowest BCUT2D eigenvalue weighted by Crippen LogP contribution is -2.42. The first-order valence-electron chi connectivity index (χ1n) is 13.5. The summed E-state index contributed by atoms with van der Waals surface area (Å²) in [6.45, 7) is 9.24. The summed E-state index contributed by atoms with van der Waals surface area (Å²) in [7, 11) is 0. The predicted octanol–water partition coefficient (Wildman–Crippen LogP) is 7.95. The topological polar surface area (TPSA) is 73.9 Å². The van der Waals surface area contributed by atoms with Gasteiger partial charge in [-0.05, 0) is 120 Å². The number of amides is 2. The number of thioether (sulfide) groups is 1. The van der Waals surface area contributed by atoms with Crippen LogP contribution in [0.15, 0.2) is 64.0 Å². The summed E-state index contributed by atoms with van der Waals surface area (Å²) in [5, 5.41) is 1.91. The van der Waals surface area contributed by atoms with Crippen molar-refractivity contribution in [1.29, 1.82) is 0 Å². The van der Waals surface area contributed by atoms with Gasteiger partial charge >= 0.3 is 0 Å². The van der Waals surface area contributed by atoms with Gasteiger partial charge in [0.1, 0.15) is 36.1 Å².